The summed E-state index contributed by atoms with van der Waals surface area (Å²) in [5, 5.41) is 7.28. The maximum Gasteiger partial charge on any atom is 0.0223 e. The highest BCUT2D eigenvalue weighted by molar-refractivity contribution is 4.94. The Kier molecular flexibility index (Phi) is 2.37. The summed E-state index contributed by atoms with van der Waals surface area (Å²) >= 11 is 0. The molecule has 0 bridgehead atoms. The lowest BCUT2D eigenvalue weighted by molar-refractivity contribution is 0.268. The summed E-state index contributed by atoms with van der Waals surface area (Å²) in [4.78, 5) is 0. The topological polar surface area (TPSA) is 24.1 Å². The highest BCUT2D eigenvalue weighted by atomic mass is 15.1. The van der Waals surface area contributed by atoms with Crippen molar-refractivity contribution < 1.29 is 0 Å². The van der Waals surface area contributed by atoms with Gasteiger partial charge in [0.05, 0.1) is 0 Å². The first-order valence-corrected chi connectivity index (χ1v) is 5.24. The lowest BCUT2D eigenvalue weighted by Crippen LogP contribution is -2.57. The van der Waals surface area contributed by atoms with Crippen molar-refractivity contribution in [1.29, 1.82) is 0 Å². The Bertz CT molecular complexity index is 144. The SMILES string of the molecule is CC(C)C1CNCC(C2CC2)N1. The quantitative estimate of drug-likeness (QED) is 0.642. The third kappa shape index (κ3) is 1.80. The van der Waals surface area contributed by atoms with Gasteiger partial charge in [-0.15, -0.1) is 0 Å². The third-order valence-electron chi connectivity index (χ3n) is 3.15. The molecule has 0 aromatic rings. The average molecular weight is 168 g/mol. The minimum absolute atomic E-state index is 0.698. The van der Waals surface area contributed by atoms with E-state index in [2.05, 4.69) is 24.5 Å². The molecule has 0 aromatic carbocycles. The molecule has 0 aromatic heterocycles. The number of piperazine rings is 1. The van der Waals surface area contributed by atoms with Gasteiger partial charge < -0.3 is 10.6 Å². The van der Waals surface area contributed by atoms with Crippen LogP contribution in [0.1, 0.15) is 26.7 Å². The van der Waals surface area contributed by atoms with Crippen LogP contribution in [0.2, 0.25) is 0 Å². The Hall–Kier alpha value is -0.0800. The third-order valence-corrected chi connectivity index (χ3v) is 3.15. The van der Waals surface area contributed by atoms with Crippen LogP contribution in [0.3, 0.4) is 0 Å². The van der Waals surface area contributed by atoms with Gasteiger partial charge in [-0.3, -0.25) is 0 Å². The largest absolute Gasteiger partial charge is 0.314 e. The Morgan fingerprint density at radius 3 is 2.50 bits per heavy atom. The number of hydrogen-bond acceptors (Lipinski definition) is 2. The van der Waals surface area contributed by atoms with Crippen LogP contribution in [-0.2, 0) is 0 Å². The fourth-order valence-corrected chi connectivity index (χ4v) is 2.02. The van der Waals surface area contributed by atoms with E-state index < -0.39 is 0 Å². The zero-order valence-corrected chi connectivity index (χ0v) is 8.14. The van der Waals surface area contributed by atoms with Gasteiger partial charge in [0.1, 0.15) is 0 Å². The van der Waals surface area contributed by atoms with Gasteiger partial charge in [0.25, 0.3) is 0 Å². The fraction of sp³-hybridized carbons (Fsp3) is 1.00. The Morgan fingerprint density at radius 1 is 1.17 bits per heavy atom. The summed E-state index contributed by atoms with van der Waals surface area (Å²) in [6, 6.07) is 1.47. The molecule has 2 rings (SSSR count). The zero-order chi connectivity index (χ0) is 8.55. The molecule has 0 spiro atoms. The van der Waals surface area contributed by atoms with E-state index in [0.717, 1.165) is 24.4 Å². The number of hydrogen-bond donors (Lipinski definition) is 2. The summed E-state index contributed by atoms with van der Waals surface area (Å²) in [6.07, 6.45) is 2.90. The highest BCUT2D eigenvalue weighted by Crippen LogP contribution is 2.33. The summed E-state index contributed by atoms with van der Waals surface area (Å²) < 4.78 is 0. The second-order valence-corrected chi connectivity index (χ2v) is 4.62. The second-order valence-electron chi connectivity index (χ2n) is 4.62. The molecule has 1 heterocycles. The predicted molar refractivity (Wildman–Crippen MR) is 51.1 cm³/mol. The van der Waals surface area contributed by atoms with Gasteiger partial charge in [0, 0.05) is 25.2 Å². The molecular formula is C10H20N2. The van der Waals surface area contributed by atoms with Gasteiger partial charge in [-0.2, -0.15) is 0 Å². The van der Waals surface area contributed by atoms with Crippen molar-refractivity contribution >= 4 is 0 Å². The minimum Gasteiger partial charge on any atom is -0.314 e. The van der Waals surface area contributed by atoms with Gasteiger partial charge in [0.2, 0.25) is 0 Å². The van der Waals surface area contributed by atoms with Crippen molar-refractivity contribution in [3.8, 4) is 0 Å². The lowest BCUT2D eigenvalue weighted by atomic mass is 9.99. The number of nitrogens with one attached hydrogen (secondary N) is 2. The van der Waals surface area contributed by atoms with Gasteiger partial charge in [-0.1, -0.05) is 13.8 Å². The molecule has 2 atom stereocenters. The minimum atomic E-state index is 0.698. The first-order chi connectivity index (χ1) is 5.77. The first kappa shape index (κ1) is 8.52. The molecule has 1 aliphatic carbocycles. The van der Waals surface area contributed by atoms with Gasteiger partial charge >= 0.3 is 0 Å². The molecule has 12 heavy (non-hydrogen) atoms. The average Bonchev–Trinajstić information content (AvgIpc) is 2.87. The Morgan fingerprint density at radius 2 is 1.92 bits per heavy atom. The van der Waals surface area contributed by atoms with Gasteiger partial charge in [-0.05, 0) is 24.7 Å². The van der Waals surface area contributed by atoms with E-state index in [9.17, 15) is 0 Å². The molecule has 1 saturated heterocycles. The van der Waals surface area contributed by atoms with E-state index in [-0.39, 0.29) is 0 Å². The van der Waals surface area contributed by atoms with Crippen LogP contribution in [0.25, 0.3) is 0 Å². The summed E-state index contributed by atoms with van der Waals surface area (Å²) in [5.41, 5.74) is 0. The molecule has 0 radical (unpaired) electrons. The predicted octanol–water partition coefficient (Wildman–Crippen LogP) is 0.982. The normalized spacial score (nSPS) is 37.2. The van der Waals surface area contributed by atoms with Crippen LogP contribution < -0.4 is 10.6 Å². The van der Waals surface area contributed by atoms with E-state index in [1.165, 1.54) is 19.4 Å². The molecular weight excluding hydrogens is 148 g/mol. The van der Waals surface area contributed by atoms with Crippen molar-refractivity contribution in [2.75, 3.05) is 13.1 Å². The summed E-state index contributed by atoms with van der Waals surface area (Å²) in [5.74, 6) is 1.75. The molecule has 2 unspecified atom stereocenters. The maximum absolute atomic E-state index is 3.75. The van der Waals surface area contributed by atoms with E-state index in [1.807, 2.05) is 0 Å². The zero-order valence-electron chi connectivity index (χ0n) is 8.14. The molecule has 1 saturated carbocycles. The monoisotopic (exact) mass is 168 g/mol. The van der Waals surface area contributed by atoms with Gasteiger partial charge in [-0.25, -0.2) is 0 Å². The van der Waals surface area contributed by atoms with E-state index in [1.54, 1.807) is 0 Å². The van der Waals surface area contributed by atoms with Crippen LogP contribution in [0, 0.1) is 11.8 Å². The van der Waals surface area contributed by atoms with E-state index >= 15 is 0 Å². The first-order valence-electron chi connectivity index (χ1n) is 5.24. The smallest absolute Gasteiger partial charge is 0.0223 e. The molecule has 70 valence electrons. The standard InChI is InChI=1S/C10H20N2/c1-7(2)9-5-11-6-10(12-9)8-3-4-8/h7-12H,3-6H2,1-2H3. The fourth-order valence-electron chi connectivity index (χ4n) is 2.02. The summed E-state index contributed by atoms with van der Waals surface area (Å²) in [7, 11) is 0. The van der Waals surface area contributed by atoms with Crippen LogP contribution in [-0.4, -0.2) is 25.2 Å². The van der Waals surface area contributed by atoms with E-state index in [0.29, 0.717) is 6.04 Å². The van der Waals surface area contributed by atoms with Crippen molar-refractivity contribution in [2.24, 2.45) is 11.8 Å². The Balaban J connectivity index is 1.85. The maximum atomic E-state index is 3.75. The lowest BCUT2D eigenvalue weighted by Gasteiger charge is -2.34. The van der Waals surface area contributed by atoms with Crippen molar-refractivity contribution in [1.82, 2.24) is 10.6 Å². The van der Waals surface area contributed by atoms with Crippen molar-refractivity contribution in [2.45, 2.75) is 38.8 Å². The van der Waals surface area contributed by atoms with Crippen LogP contribution in [0.5, 0.6) is 0 Å². The Labute approximate surface area is 75.1 Å². The van der Waals surface area contributed by atoms with Crippen LogP contribution >= 0.6 is 0 Å². The molecule has 2 nitrogen and oxygen atoms in total. The van der Waals surface area contributed by atoms with Crippen molar-refractivity contribution in [3.05, 3.63) is 0 Å². The summed E-state index contributed by atoms with van der Waals surface area (Å²) in [6.45, 7) is 6.94. The molecule has 2 N–H and O–H groups in total. The second kappa shape index (κ2) is 3.35. The van der Waals surface area contributed by atoms with Crippen molar-refractivity contribution in [3.63, 3.8) is 0 Å². The molecule has 2 fully saturated rings. The molecule has 2 heteroatoms. The highest BCUT2D eigenvalue weighted by Gasteiger charge is 2.34. The van der Waals surface area contributed by atoms with Gasteiger partial charge in [0.15, 0.2) is 0 Å². The molecule has 1 aliphatic heterocycles. The van der Waals surface area contributed by atoms with Crippen LogP contribution in [0.4, 0.5) is 0 Å². The van der Waals surface area contributed by atoms with E-state index in [4.69, 9.17) is 0 Å². The molecule has 0 amide bonds. The number of rotatable bonds is 2. The van der Waals surface area contributed by atoms with Crippen LogP contribution in [0.15, 0.2) is 0 Å². The molecule has 2 aliphatic rings.